The van der Waals surface area contributed by atoms with Crippen LogP contribution in [-0.2, 0) is 25.6 Å². The van der Waals surface area contributed by atoms with Gasteiger partial charge >= 0.3 is 0 Å². The summed E-state index contributed by atoms with van der Waals surface area (Å²) in [5.74, 6) is -1.12. The number of piperidine rings is 1. The second-order valence-electron chi connectivity index (χ2n) is 8.36. The van der Waals surface area contributed by atoms with E-state index >= 15 is 0 Å². The Morgan fingerprint density at radius 3 is 2.34 bits per heavy atom. The number of carbonyl (C=O) groups is 4. The standard InChI is InChI=1S/C24H36N4O4/c25-15-8-6-4-2-1-3-5-7-12-21(29)26-19-11-9-10-18(16-19)17-23(31)27-20-13-14-22(30)28-24(20)32/h9-11,16,20H,1-8,12-15,17,25H2,(H,26,29)(H,27,31)(H,28,30,32). The molecule has 8 heteroatoms. The van der Waals surface area contributed by atoms with Gasteiger partial charge in [0.1, 0.15) is 6.04 Å². The van der Waals surface area contributed by atoms with E-state index in [1.807, 2.05) is 0 Å². The number of amides is 4. The number of anilines is 1. The van der Waals surface area contributed by atoms with Crippen molar-refractivity contribution < 1.29 is 19.2 Å². The van der Waals surface area contributed by atoms with Crippen LogP contribution in [-0.4, -0.2) is 36.2 Å². The Balaban J connectivity index is 1.65. The smallest absolute Gasteiger partial charge is 0.249 e. The minimum Gasteiger partial charge on any atom is -0.344 e. The van der Waals surface area contributed by atoms with E-state index in [1.165, 1.54) is 25.7 Å². The Morgan fingerprint density at radius 1 is 0.969 bits per heavy atom. The van der Waals surface area contributed by atoms with E-state index in [0.717, 1.165) is 37.8 Å². The molecule has 0 saturated carbocycles. The van der Waals surface area contributed by atoms with Gasteiger partial charge in [-0.1, -0.05) is 50.7 Å². The SMILES string of the molecule is NCCCCCCCCCCC(=O)Nc1cccc(CC(=O)NC2CCC(=O)NC2=O)c1. The Kier molecular flexibility index (Phi) is 11.4. The first kappa shape index (κ1) is 25.5. The fraction of sp³-hybridized carbons (Fsp3) is 0.583. The Morgan fingerprint density at radius 2 is 1.66 bits per heavy atom. The van der Waals surface area contributed by atoms with Crippen LogP contribution in [0, 0.1) is 0 Å². The van der Waals surface area contributed by atoms with Gasteiger partial charge < -0.3 is 16.4 Å². The normalized spacial score (nSPS) is 15.8. The number of benzene rings is 1. The van der Waals surface area contributed by atoms with E-state index in [-0.39, 0.29) is 30.6 Å². The molecule has 32 heavy (non-hydrogen) atoms. The number of hydrogen-bond acceptors (Lipinski definition) is 5. The lowest BCUT2D eigenvalue weighted by Crippen LogP contribution is -2.52. The second kappa shape index (κ2) is 14.3. The van der Waals surface area contributed by atoms with Crippen molar-refractivity contribution in [2.24, 2.45) is 5.73 Å². The van der Waals surface area contributed by atoms with Gasteiger partial charge in [-0.25, -0.2) is 0 Å². The first-order valence-corrected chi connectivity index (χ1v) is 11.7. The Labute approximate surface area is 190 Å². The summed E-state index contributed by atoms with van der Waals surface area (Å²) in [6.07, 6.45) is 10.1. The highest BCUT2D eigenvalue weighted by atomic mass is 16.2. The van der Waals surface area contributed by atoms with Crippen molar-refractivity contribution in [1.82, 2.24) is 10.6 Å². The number of carbonyl (C=O) groups excluding carboxylic acids is 4. The van der Waals surface area contributed by atoms with E-state index in [4.69, 9.17) is 5.73 Å². The van der Waals surface area contributed by atoms with Crippen molar-refractivity contribution >= 4 is 29.3 Å². The summed E-state index contributed by atoms with van der Waals surface area (Å²) in [6.45, 7) is 0.771. The van der Waals surface area contributed by atoms with Gasteiger partial charge in [-0.05, 0) is 43.5 Å². The van der Waals surface area contributed by atoms with E-state index in [0.29, 0.717) is 18.5 Å². The molecule has 1 atom stereocenters. The van der Waals surface area contributed by atoms with Crippen LogP contribution < -0.4 is 21.7 Å². The van der Waals surface area contributed by atoms with Crippen LogP contribution in [0.25, 0.3) is 0 Å². The number of hydrogen-bond donors (Lipinski definition) is 4. The molecule has 1 aromatic rings. The summed E-state index contributed by atoms with van der Waals surface area (Å²) < 4.78 is 0. The number of unbranched alkanes of at least 4 members (excludes halogenated alkanes) is 7. The minimum atomic E-state index is -0.686. The molecule has 8 nitrogen and oxygen atoms in total. The van der Waals surface area contributed by atoms with Crippen molar-refractivity contribution in [3.63, 3.8) is 0 Å². The van der Waals surface area contributed by atoms with Crippen LogP contribution in [0.4, 0.5) is 5.69 Å². The highest BCUT2D eigenvalue weighted by molar-refractivity contribution is 6.01. The first-order valence-electron chi connectivity index (χ1n) is 11.7. The molecule has 1 unspecified atom stereocenters. The molecule has 0 aromatic heterocycles. The quantitative estimate of drug-likeness (QED) is 0.259. The van der Waals surface area contributed by atoms with E-state index in [2.05, 4.69) is 16.0 Å². The van der Waals surface area contributed by atoms with E-state index in [9.17, 15) is 19.2 Å². The largest absolute Gasteiger partial charge is 0.344 e. The molecular weight excluding hydrogens is 408 g/mol. The predicted octanol–water partition coefficient (Wildman–Crippen LogP) is 2.56. The maximum atomic E-state index is 12.3. The predicted molar refractivity (Wildman–Crippen MR) is 124 cm³/mol. The van der Waals surface area contributed by atoms with Crippen LogP contribution in [0.5, 0.6) is 0 Å². The average molecular weight is 445 g/mol. The molecule has 176 valence electrons. The molecule has 0 radical (unpaired) electrons. The van der Waals surface area contributed by atoms with Gasteiger partial charge in [0.25, 0.3) is 0 Å². The zero-order valence-electron chi connectivity index (χ0n) is 18.8. The number of nitrogens with two attached hydrogens (primary N) is 1. The summed E-state index contributed by atoms with van der Waals surface area (Å²) in [6, 6.07) is 6.46. The van der Waals surface area contributed by atoms with E-state index in [1.54, 1.807) is 24.3 Å². The topological polar surface area (TPSA) is 130 Å². The summed E-state index contributed by atoms with van der Waals surface area (Å²) in [7, 11) is 0. The lowest BCUT2D eigenvalue weighted by atomic mass is 10.1. The van der Waals surface area contributed by atoms with Crippen molar-refractivity contribution in [2.75, 3.05) is 11.9 Å². The maximum absolute atomic E-state index is 12.3. The molecule has 0 aliphatic carbocycles. The fourth-order valence-corrected chi connectivity index (χ4v) is 3.74. The lowest BCUT2D eigenvalue weighted by Gasteiger charge is -2.21. The number of nitrogens with one attached hydrogen (secondary N) is 3. The van der Waals surface area contributed by atoms with Gasteiger partial charge in [0.05, 0.1) is 6.42 Å². The van der Waals surface area contributed by atoms with Gasteiger partial charge in [-0.2, -0.15) is 0 Å². The highest BCUT2D eigenvalue weighted by Gasteiger charge is 2.27. The summed E-state index contributed by atoms with van der Waals surface area (Å²) >= 11 is 0. The van der Waals surface area contributed by atoms with Gasteiger partial charge in [-0.3, -0.25) is 24.5 Å². The van der Waals surface area contributed by atoms with E-state index < -0.39 is 11.9 Å². The molecule has 1 aliphatic heterocycles. The van der Waals surface area contributed by atoms with Crippen LogP contribution in [0.15, 0.2) is 24.3 Å². The molecule has 1 aliphatic rings. The fourth-order valence-electron chi connectivity index (χ4n) is 3.74. The van der Waals surface area contributed by atoms with Gasteiger partial charge in [-0.15, -0.1) is 0 Å². The molecule has 1 fully saturated rings. The molecule has 2 rings (SSSR count). The second-order valence-corrected chi connectivity index (χ2v) is 8.36. The average Bonchev–Trinajstić information content (AvgIpc) is 2.75. The van der Waals surface area contributed by atoms with Crippen molar-refractivity contribution in [3.05, 3.63) is 29.8 Å². The molecular formula is C24H36N4O4. The monoisotopic (exact) mass is 444 g/mol. The van der Waals surface area contributed by atoms with Gasteiger partial charge in [0.15, 0.2) is 0 Å². The van der Waals surface area contributed by atoms with Crippen LogP contribution >= 0.6 is 0 Å². The zero-order valence-corrected chi connectivity index (χ0v) is 18.8. The minimum absolute atomic E-state index is 0.0295. The Hall–Kier alpha value is -2.74. The summed E-state index contributed by atoms with van der Waals surface area (Å²) in [5.41, 5.74) is 6.88. The van der Waals surface area contributed by atoms with Gasteiger partial charge in [0, 0.05) is 18.5 Å². The number of rotatable bonds is 14. The maximum Gasteiger partial charge on any atom is 0.249 e. The Bertz CT molecular complexity index is 781. The van der Waals surface area contributed by atoms with Crippen LogP contribution in [0.1, 0.15) is 76.2 Å². The van der Waals surface area contributed by atoms with Crippen molar-refractivity contribution in [3.8, 4) is 0 Å². The first-order chi connectivity index (χ1) is 15.5. The summed E-state index contributed by atoms with van der Waals surface area (Å²) in [4.78, 5) is 47.4. The lowest BCUT2D eigenvalue weighted by molar-refractivity contribution is -0.137. The van der Waals surface area contributed by atoms with Crippen molar-refractivity contribution in [1.29, 1.82) is 0 Å². The van der Waals surface area contributed by atoms with Gasteiger partial charge in [0.2, 0.25) is 23.6 Å². The molecule has 0 spiro atoms. The third-order valence-electron chi connectivity index (χ3n) is 5.51. The third-order valence-corrected chi connectivity index (χ3v) is 5.51. The number of imide groups is 1. The molecule has 1 aromatic carbocycles. The van der Waals surface area contributed by atoms with Crippen LogP contribution in [0.2, 0.25) is 0 Å². The molecule has 4 amide bonds. The third kappa shape index (κ3) is 10.0. The summed E-state index contributed by atoms with van der Waals surface area (Å²) in [5, 5.41) is 7.77. The molecule has 5 N–H and O–H groups in total. The molecule has 0 bridgehead atoms. The highest BCUT2D eigenvalue weighted by Crippen LogP contribution is 2.14. The zero-order chi connectivity index (χ0) is 23.2. The molecule has 1 saturated heterocycles. The van der Waals surface area contributed by atoms with Crippen LogP contribution in [0.3, 0.4) is 0 Å². The molecule has 1 heterocycles. The van der Waals surface area contributed by atoms with Crippen molar-refractivity contribution in [2.45, 2.75) is 83.1 Å².